The van der Waals surface area contributed by atoms with E-state index in [2.05, 4.69) is 4.98 Å². The van der Waals surface area contributed by atoms with Crippen LogP contribution in [0.25, 0.3) is 0 Å². The molecule has 4 nitrogen and oxygen atoms in total. The number of rotatable bonds is 3. The van der Waals surface area contributed by atoms with E-state index in [-0.39, 0.29) is 11.7 Å². The van der Waals surface area contributed by atoms with E-state index in [4.69, 9.17) is 0 Å². The number of pyridine rings is 1. The van der Waals surface area contributed by atoms with Gasteiger partial charge in [0.2, 0.25) is 0 Å². The van der Waals surface area contributed by atoms with Gasteiger partial charge in [-0.05, 0) is 37.6 Å². The Balaban J connectivity index is 2.19. The third-order valence-electron chi connectivity index (χ3n) is 3.16. The number of amides is 1. The highest BCUT2D eigenvalue weighted by atomic mass is 16.3. The number of hydrogen-bond acceptors (Lipinski definition) is 3. The van der Waals surface area contributed by atoms with Crippen LogP contribution >= 0.6 is 0 Å². The molecular weight excluding hydrogens is 252 g/mol. The quantitative estimate of drug-likeness (QED) is 0.933. The molecule has 1 amide bonds. The van der Waals surface area contributed by atoms with Crippen LogP contribution in [0.4, 0.5) is 0 Å². The zero-order valence-corrected chi connectivity index (χ0v) is 11.9. The predicted octanol–water partition coefficient (Wildman–Crippen LogP) is 2.68. The summed E-state index contributed by atoms with van der Waals surface area (Å²) < 4.78 is 0. The molecule has 20 heavy (non-hydrogen) atoms. The Kier molecular flexibility index (Phi) is 4.03. The molecule has 2 rings (SSSR count). The van der Waals surface area contributed by atoms with E-state index in [1.807, 2.05) is 25.1 Å². The summed E-state index contributed by atoms with van der Waals surface area (Å²) in [4.78, 5) is 18.3. The first kappa shape index (κ1) is 14.1. The Labute approximate surface area is 118 Å². The lowest BCUT2D eigenvalue weighted by Gasteiger charge is -2.18. The largest absolute Gasteiger partial charge is 0.507 e. The third-order valence-corrected chi connectivity index (χ3v) is 3.16. The van der Waals surface area contributed by atoms with Gasteiger partial charge in [-0.1, -0.05) is 18.2 Å². The van der Waals surface area contributed by atoms with Gasteiger partial charge < -0.3 is 10.0 Å². The van der Waals surface area contributed by atoms with E-state index in [0.717, 1.165) is 11.4 Å². The Morgan fingerprint density at radius 2 is 1.90 bits per heavy atom. The number of carbonyl (C=O) groups excluding carboxylic acids is 1. The number of nitrogens with zero attached hydrogens (tertiary/aromatic N) is 2. The molecular formula is C16H18N2O2. The molecule has 0 unspecified atom stereocenters. The van der Waals surface area contributed by atoms with Gasteiger partial charge in [0.05, 0.1) is 17.8 Å². The normalized spacial score (nSPS) is 10.3. The maximum Gasteiger partial charge on any atom is 0.257 e. The van der Waals surface area contributed by atoms with Crippen molar-refractivity contribution in [2.45, 2.75) is 20.4 Å². The van der Waals surface area contributed by atoms with Gasteiger partial charge in [-0.3, -0.25) is 9.78 Å². The molecule has 1 N–H and O–H groups in total. The number of aryl methyl sites for hydroxylation is 2. The molecule has 0 aliphatic heterocycles. The molecule has 0 bridgehead atoms. The van der Waals surface area contributed by atoms with Crippen LogP contribution < -0.4 is 0 Å². The fourth-order valence-electron chi connectivity index (χ4n) is 2.04. The molecule has 0 aliphatic carbocycles. The van der Waals surface area contributed by atoms with Crippen LogP contribution in [0.15, 0.2) is 36.4 Å². The smallest absolute Gasteiger partial charge is 0.257 e. The average molecular weight is 270 g/mol. The van der Waals surface area contributed by atoms with Crippen molar-refractivity contribution in [2.75, 3.05) is 7.05 Å². The molecule has 0 atom stereocenters. The first-order valence-electron chi connectivity index (χ1n) is 6.45. The van der Waals surface area contributed by atoms with E-state index >= 15 is 0 Å². The zero-order valence-electron chi connectivity index (χ0n) is 11.9. The first-order chi connectivity index (χ1) is 9.49. The summed E-state index contributed by atoms with van der Waals surface area (Å²) in [6.07, 6.45) is 0. The van der Waals surface area contributed by atoms with Crippen molar-refractivity contribution in [3.8, 4) is 5.75 Å². The Bertz CT molecular complexity index is 638. The van der Waals surface area contributed by atoms with E-state index < -0.39 is 0 Å². The second kappa shape index (κ2) is 5.74. The molecule has 0 saturated heterocycles. The number of aromatic hydroxyl groups is 1. The number of aromatic nitrogens is 1. The minimum absolute atomic E-state index is 0.0431. The van der Waals surface area contributed by atoms with Crippen LogP contribution in [0.2, 0.25) is 0 Å². The van der Waals surface area contributed by atoms with Gasteiger partial charge in [0.25, 0.3) is 5.91 Å². The number of benzene rings is 1. The van der Waals surface area contributed by atoms with Crippen molar-refractivity contribution >= 4 is 5.91 Å². The van der Waals surface area contributed by atoms with Crippen molar-refractivity contribution in [3.63, 3.8) is 0 Å². The van der Waals surface area contributed by atoms with Gasteiger partial charge >= 0.3 is 0 Å². The molecule has 104 valence electrons. The maximum atomic E-state index is 12.3. The van der Waals surface area contributed by atoms with Crippen LogP contribution in [0.5, 0.6) is 5.75 Å². The minimum Gasteiger partial charge on any atom is -0.507 e. The highest BCUT2D eigenvalue weighted by molar-refractivity contribution is 5.97. The summed E-state index contributed by atoms with van der Waals surface area (Å²) in [6.45, 7) is 4.10. The Hall–Kier alpha value is -2.36. The standard InChI is InChI=1S/C16H18N2O2/c1-11-6-4-9-14(15(11)19)16(20)18(3)10-13-8-5-7-12(2)17-13/h4-9,19H,10H2,1-3H3. The highest BCUT2D eigenvalue weighted by Gasteiger charge is 2.17. The van der Waals surface area contributed by atoms with Gasteiger partial charge in [0, 0.05) is 12.7 Å². The van der Waals surface area contributed by atoms with Crippen molar-refractivity contribution in [1.29, 1.82) is 0 Å². The lowest BCUT2D eigenvalue weighted by atomic mass is 10.1. The number of carbonyl (C=O) groups is 1. The molecule has 4 heteroatoms. The van der Waals surface area contributed by atoms with Crippen molar-refractivity contribution < 1.29 is 9.90 Å². The summed E-state index contributed by atoms with van der Waals surface area (Å²) in [5, 5.41) is 9.96. The van der Waals surface area contributed by atoms with Crippen LogP contribution in [-0.2, 0) is 6.54 Å². The van der Waals surface area contributed by atoms with Gasteiger partial charge in [-0.2, -0.15) is 0 Å². The summed E-state index contributed by atoms with van der Waals surface area (Å²) in [5.74, 6) is -0.170. The number of hydrogen-bond donors (Lipinski definition) is 1. The monoisotopic (exact) mass is 270 g/mol. The molecule has 2 aromatic rings. The van der Waals surface area contributed by atoms with E-state index in [0.29, 0.717) is 17.7 Å². The summed E-state index contributed by atoms with van der Waals surface area (Å²) in [6, 6.07) is 10.9. The van der Waals surface area contributed by atoms with E-state index in [9.17, 15) is 9.90 Å². The predicted molar refractivity (Wildman–Crippen MR) is 77.6 cm³/mol. The van der Waals surface area contributed by atoms with Crippen LogP contribution in [0, 0.1) is 13.8 Å². The minimum atomic E-state index is -0.213. The van der Waals surface area contributed by atoms with Crippen molar-refractivity contribution in [2.24, 2.45) is 0 Å². The van der Waals surface area contributed by atoms with Crippen molar-refractivity contribution in [1.82, 2.24) is 9.88 Å². The van der Waals surface area contributed by atoms with Crippen LogP contribution in [-0.4, -0.2) is 27.9 Å². The number of phenolic OH excluding ortho intramolecular Hbond substituents is 1. The molecule has 0 saturated carbocycles. The fraction of sp³-hybridized carbons (Fsp3) is 0.250. The van der Waals surface area contributed by atoms with Gasteiger partial charge in [0.15, 0.2) is 0 Å². The molecule has 1 aromatic heterocycles. The lowest BCUT2D eigenvalue weighted by Crippen LogP contribution is -2.26. The summed E-state index contributed by atoms with van der Waals surface area (Å²) in [7, 11) is 1.70. The van der Waals surface area contributed by atoms with Crippen molar-refractivity contribution in [3.05, 3.63) is 58.9 Å². The molecule has 1 heterocycles. The molecule has 0 aliphatic rings. The van der Waals surface area contributed by atoms with Crippen LogP contribution in [0.3, 0.4) is 0 Å². The Morgan fingerprint density at radius 1 is 1.20 bits per heavy atom. The summed E-state index contributed by atoms with van der Waals surface area (Å²) >= 11 is 0. The zero-order chi connectivity index (χ0) is 14.7. The molecule has 0 fully saturated rings. The fourth-order valence-corrected chi connectivity index (χ4v) is 2.04. The van der Waals surface area contributed by atoms with Gasteiger partial charge in [-0.15, -0.1) is 0 Å². The maximum absolute atomic E-state index is 12.3. The number of para-hydroxylation sites is 1. The highest BCUT2D eigenvalue weighted by Crippen LogP contribution is 2.22. The molecule has 1 aromatic carbocycles. The topological polar surface area (TPSA) is 53.4 Å². The SMILES string of the molecule is Cc1cccc(CN(C)C(=O)c2cccc(C)c2O)n1. The average Bonchev–Trinajstić information content (AvgIpc) is 2.41. The van der Waals surface area contributed by atoms with Gasteiger partial charge in [0.1, 0.15) is 5.75 Å². The third kappa shape index (κ3) is 2.96. The van der Waals surface area contributed by atoms with E-state index in [1.165, 1.54) is 0 Å². The second-order valence-electron chi connectivity index (χ2n) is 4.90. The summed E-state index contributed by atoms with van der Waals surface area (Å²) in [5.41, 5.74) is 2.76. The van der Waals surface area contributed by atoms with Gasteiger partial charge in [-0.25, -0.2) is 0 Å². The second-order valence-corrected chi connectivity index (χ2v) is 4.90. The van der Waals surface area contributed by atoms with E-state index in [1.54, 1.807) is 37.1 Å². The lowest BCUT2D eigenvalue weighted by molar-refractivity contribution is 0.0780. The number of phenols is 1. The molecule has 0 spiro atoms. The first-order valence-corrected chi connectivity index (χ1v) is 6.45. The van der Waals surface area contributed by atoms with Crippen LogP contribution in [0.1, 0.15) is 27.3 Å². The molecule has 0 radical (unpaired) electrons. The Morgan fingerprint density at radius 3 is 2.60 bits per heavy atom.